The second-order valence-corrected chi connectivity index (χ2v) is 6.23. The van der Waals surface area contributed by atoms with E-state index in [1.54, 1.807) is 0 Å². The van der Waals surface area contributed by atoms with Crippen molar-refractivity contribution < 1.29 is 0 Å². The molecule has 1 fully saturated rings. The van der Waals surface area contributed by atoms with Gasteiger partial charge in [-0.15, -0.1) is 11.3 Å². The number of nitrogens with zero attached hydrogens (tertiary/aromatic N) is 1. The maximum Gasteiger partial charge on any atom is 0.109 e. The molecule has 1 heterocycles. The van der Waals surface area contributed by atoms with E-state index in [0.717, 1.165) is 18.9 Å². The van der Waals surface area contributed by atoms with Crippen LogP contribution in [-0.2, 0) is 6.42 Å². The normalized spacial score (nSPS) is 26.3. The number of thiazole rings is 1. The van der Waals surface area contributed by atoms with Crippen molar-refractivity contribution >= 4 is 11.3 Å². The molecule has 0 aromatic carbocycles. The van der Waals surface area contributed by atoms with Crippen LogP contribution in [0.1, 0.15) is 49.0 Å². The van der Waals surface area contributed by atoms with Gasteiger partial charge in [0.15, 0.2) is 0 Å². The van der Waals surface area contributed by atoms with Crippen LogP contribution in [0.2, 0.25) is 0 Å². The minimum absolute atomic E-state index is 0.372. The van der Waals surface area contributed by atoms with Gasteiger partial charge in [-0.1, -0.05) is 6.92 Å². The monoisotopic (exact) mass is 253 g/mol. The highest BCUT2D eigenvalue weighted by atomic mass is 32.1. The molecule has 0 spiro atoms. The smallest absolute Gasteiger partial charge is 0.109 e. The zero-order chi connectivity index (χ0) is 12.3. The summed E-state index contributed by atoms with van der Waals surface area (Å²) in [6, 6.07) is 0.806. The summed E-state index contributed by atoms with van der Waals surface area (Å²) in [6.45, 7) is 5.46. The first-order valence-corrected chi connectivity index (χ1v) is 7.44. The molecule has 96 valence electrons. The van der Waals surface area contributed by atoms with Crippen LogP contribution in [0, 0.1) is 5.92 Å². The fourth-order valence-corrected chi connectivity index (χ4v) is 3.30. The van der Waals surface area contributed by atoms with Gasteiger partial charge in [0.05, 0.1) is 6.04 Å². The van der Waals surface area contributed by atoms with Gasteiger partial charge in [0.2, 0.25) is 0 Å². The van der Waals surface area contributed by atoms with Crippen molar-refractivity contribution in [2.75, 3.05) is 6.54 Å². The summed E-state index contributed by atoms with van der Waals surface area (Å²) in [4.78, 5) is 5.85. The first kappa shape index (κ1) is 13.0. The molecule has 1 saturated carbocycles. The summed E-state index contributed by atoms with van der Waals surface area (Å²) in [5.74, 6) is 0.762. The Labute approximate surface area is 108 Å². The van der Waals surface area contributed by atoms with Crippen molar-refractivity contribution in [3.63, 3.8) is 0 Å². The van der Waals surface area contributed by atoms with E-state index in [0.29, 0.717) is 12.1 Å². The van der Waals surface area contributed by atoms with Crippen LogP contribution < -0.4 is 11.1 Å². The molecule has 0 aliphatic heterocycles. The Morgan fingerprint density at radius 1 is 1.59 bits per heavy atom. The lowest BCUT2D eigenvalue weighted by Gasteiger charge is -2.15. The summed E-state index contributed by atoms with van der Waals surface area (Å²) in [7, 11) is 0. The molecule has 3 atom stereocenters. The SMILES string of the molecule is CCc1cnc(C(C)NCC2CCC(N)C2)s1. The zero-order valence-electron chi connectivity index (χ0n) is 10.8. The standard InChI is InChI=1S/C13H23N3S/c1-3-12-8-16-13(17-12)9(2)15-7-10-4-5-11(14)6-10/h8-11,15H,3-7,14H2,1-2H3. The summed E-state index contributed by atoms with van der Waals surface area (Å²) in [5, 5.41) is 4.80. The third-order valence-corrected chi connectivity index (χ3v) is 4.91. The van der Waals surface area contributed by atoms with Crippen LogP contribution in [0.4, 0.5) is 0 Å². The molecule has 1 aromatic heterocycles. The number of aryl methyl sites for hydroxylation is 1. The molecule has 0 bridgehead atoms. The van der Waals surface area contributed by atoms with Crippen molar-refractivity contribution in [2.45, 2.75) is 51.6 Å². The van der Waals surface area contributed by atoms with E-state index in [1.807, 2.05) is 17.5 Å². The molecule has 3 nitrogen and oxygen atoms in total. The highest BCUT2D eigenvalue weighted by molar-refractivity contribution is 7.11. The van der Waals surface area contributed by atoms with Gasteiger partial charge in [-0.05, 0) is 45.1 Å². The average Bonchev–Trinajstić information content (AvgIpc) is 2.94. The highest BCUT2D eigenvalue weighted by Gasteiger charge is 2.22. The number of hydrogen-bond donors (Lipinski definition) is 2. The van der Waals surface area contributed by atoms with Crippen molar-refractivity contribution in [1.29, 1.82) is 0 Å². The molecular formula is C13H23N3S. The fourth-order valence-electron chi connectivity index (χ4n) is 2.42. The van der Waals surface area contributed by atoms with Crippen LogP contribution in [0.25, 0.3) is 0 Å². The molecule has 2 rings (SSSR count). The predicted octanol–water partition coefficient (Wildman–Crippen LogP) is 2.48. The Hall–Kier alpha value is -0.450. The molecule has 0 saturated heterocycles. The van der Waals surface area contributed by atoms with E-state index in [4.69, 9.17) is 5.73 Å². The lowest BCUT2D eigenvalue weighted by atomic mass is 10.1. The minimum atomic E-state index is 0.372. The summed E-state index contributed by atoms with van der Waals surface area (Å²) in [6.07, 6.45) is 6.74. The Morgan fingerprint density at radius 3 is 3.00 bits per heavy atom. The fraction of sp³-hybridized carbons (Fsp3) is 0.769. The topological polar surface area (TPSA) is 50.9 Å². The zero-order valence-corrected chi connectivity index (χ0v) is 11.6. The van der Waals surface area contributed by atoms with Crippen LogP contribution in [0.5, 0.6) is 0 Å². The molecular weight excluding hydrogens is 230 g/mol. The van der Waals surface area contributed by atoms with Crippen LogP contribution in [-0.4, -0.2) is 17.6 Å². The van der Waals surface area contributed by atoms with E-state index in [-0.39, 0.29) is 0 Å². The Kier molecular flexibility index (Phi) is 4.54. The number of hydrogen-bond acceptors (Lipinski definition) is 4. The first-order valence-electron chi connectivity index (χ1n) is 6.62. The molecule has 1 aliphatic rings. The van der Waals surface area contributed by atoms with E-state index >= 15 is 0 Å². The second-order valence-electron chi connectivity index (χ2n) is 5.09. The number of nitrogens with one attached hydrogen (secondary N) is 1. The minimum Gasteiger partial charge on any atom is -0.328 e. The van der Waals surface area contributed by atoms with Crippen LogP contribution in [0.3, 0.4) is 0 Å². The van der Waals surface area contributed by atoms with Gasteiger partial charge in [-0.25, -0.2) is 4.98 Å². The molecule has 1 aromatic rings. The molecule has 0 radical (unpaired) electrons. The molecule has 4 heteroatoms. The predicted molar refractivity (Wildman–Crippen MR) is 73.2 cm³/mol. The van der Waals surface area contributed by atoms with Crippen molar-refractivity contribution in [1.82, 2.24) is 10.3 Å². The van der Waals surface area contributed by atoms with Gasteiger partial charge < -0.3 is 11.1 Å². The number of nitrogens with two attached hydrogens (primary N) is 1. The molecule has 17 heavy (non-hydrogen) atoms. The average molecular weight is 253 g/mol. The largest absolute Gasteiger partial charge is 0.328 e. The third-order valence-electron chi connectivity index (χ3n) is 3.58. The summed E-state index contributed by atoms with van der Waals surface area (Å²) < 4.78 is 0. The van der Waals surface area contributed by atoms with Crippen molar-refractivity contribution in [3.8, 4) is 0 Å². The van der Waals surface area contributed by atoms with Gasteiger partial charge in [0.25, 0.3) is 0 Å². The van der Waals surface area contributed by atoms with Gasteiger partial charge in [-0.2, -0.15) is 0 Å². The van der Waals surface area contributed by atoms with E-state index < -0.39 is 0 Å². The van der Waals surface area contributed by atoms with E-state index in [2.05, 4.69) is 24.1 Å². The quantitative estimate of drug-likeness (QED) is 0.847. The summed E-state index contributed by atoms with van der Waals surface area (Å²) in [5.41, 5.74) is 5.93. The number of aromatic nitrogens is 1. The summed E-state index contributed by atoms with van der Waals surface area (Å²) >= 11 is 1.83. The van der Waals surface area contributed by atoms with Gasteiger partial charge in [0.1, 0.15) is 5.01 Å². The second kappa shape index (κ2) is 5.94. The van der Waals surface area contributed by atoms with E-state index in [1.165, 1.54) is 29.1 Å². The maximum atomic E-state index is 5.93. The first-order chi connectivity index (χ1) is 8.19. The maximum absolute atomic E-state index is 5.93. The van der Waals surface area contributed by atoms with Gasteiger partial charge in [0, 0.05) is 17.1 Å². The van der Waals surface area contributed by atoms with Crippen LogP contribution in [0.15, 0.2) is 6.20 Å². The number of rotatable bonds is 5. The molecule has 3 unspecified atom stereocenters. The molecule has 1 aliphatic carbocycles. The van der Waals surface area contributed by atoms with Crippen molar-refractivity contribution in [2.24, 2.45) is 11.7 Å². The molecule has 0 amide bonds. The third kappa shape index (κ3) is 3.50. The molecule has 3 N–H and O–H groups in total. The van der Waals surface area contributed by atoms with Crippen molar-refractivity contribution in [3.05, 3.63) is 16.1 Å². The Bertz CT molecular complexity index is 350. The Morgan fingerprint density at radius 2 is 2.41 bits per heavy atom. The van der Waals surface area contributed by atoms with Crippen LogP contribution >= 0.6 is 11.3 Å². The lowest BCUT2D eigenvalue weighted by molar-refractivity contribution is 0.447. The Balaban J connectivity index is 1.78. The lowest BCUT2D eigenvalue weighted by Crippen LogP contribution is -2.25. The van der Waals surface area contributed by atoms with E-state index in [9.17, 15) is 0 Å². The highest BCUT2D eigenvalue weighted by Crippen LogP contribution is 2.25. The van der Waals surface area contributed by atoms with Gasteiger partial charge in [-0.3, -0.25) is 0 Å². The van der Waals surface area contributed by atoms with Gasteiger partial charge >= 0.3 is 0 Å².